The van der Waals surface area contributed by atoms with E-state index in [0.29, 0.717) is 12.0 Å². The van der Waals surface area contributed by atoms with Crippen LogP contribution >= 0.6 is 11.6 Å². The fourth-order valence-corrected chi connectivity index (χ4v) is 1.85. The quantitative estimate of drug-likeness (QED) is 0.811. The number of benzene rings is 1. The van der Waals surface area contributed by atoms with Crippen LogP contribution in [-0.4, -0.2) is 12.6 Å². The van der Waals surface area contributed by atoms with Gasteiger partial charge in [-0.2, -0.15) is 0 Å². The Morgan fingerprint density at radius 3 is 2.59 bits per heavy atom. The molecule has 1 unspecified atom stereocenters. The van der Waals surface area contributed by atoms with Gasteiger partial charge in [0.15, 0.2) is 0 Å². The molecule has 1 nitrogen and oxygen atoms in total. The Balaban J connectivity index is 2.36. The Morgan fingerprint density at radius 2 is 2.00 bits per heavy atom. The van der Waals surface area contributed by atoms with Gasteiger partial charge in [0.25, 0.3) is 0 Å². The van der Waals surface area contributed by atoms with E-state index < -0.39 is 0 Å². The summed E-state index contributed by atoms with van der Waals surface area (Å²) in [5.74, 6) is 0.270. The minimum atomic E-state index is -0.343. The maximum absolute atomic E-state index is 13.0. The molecule has 3 heteroatoms. The van der Waals surface area contributed by atoms with E-state index in [9.17, 15) is 4.39 Å². The molecule has 1 aromatic rings. The average molecular weight is 258 g/mol. The highest BCUT2D eigenvalue weighted by Gasteiger charge is 2.05. The van der Waals surface area contributed by atoms with E-state index in [4.69, 9.17) is 11.6 Å². The third-order valence-electron chi connectivity index (χ3n) is 2.78. The van der Waals surface area contributed by atoms with Crippen LogP contribution in [0.25, 0.3) is 0 Å². The van der Waals surface area contributed by atoms with Gasteiger partial charge >= 0.3 is 0 Å². The molecule has 0 saturated carbocycles. The third-order valence-corrected chi connectivity index (χ3v) is 3.07. The standard InChI is InChI=1S/C14H21ClFN/c1-10(2)17-9-11(3)4-5-12-6-7-14(16)13(15)8-12/h6-8,10-11,17H,4-5,9H2,1-3H3. The molecule has 0 heterocycles. The predicted octanol–water partition coefficient (Wildman–Crippen LogP) is 4.05. The van der Waals surface area contributed by atoms with Crippen molar-refractivity contribution in [2.75, 3.05) is 6.54 Å². The van der Waals surface area contributed by atoms with E-state index in [2.05, 4.69) is 26.1 Å². The molecule has 0 saturated heterocycles. The molecule has 0 radical (unpaired) electrons. The molecule has 17 heavy (non-hydrogen) atoms. The van der Waals surface area contributed by atoms with E-state index in [-0.39, 0.29) is 10.8 Å². The molecule has 1 atom stereocenters. The summed E-state index contributed by atoms with van der Waals surface area (Å²) in [7, 11) is 0. The second-order valence-electron chi connectivity index (χ2n) is 4.96. The van der Waals surface area contributed by atoms with Gasteiger partial charge in [-0.3, -0.25) is 0 Å². The lowest BCUT2D eigenvalue weighted by molar-refractivity contribution is 0.453. The van der Waals surface area contributed by atoms with Crippen LogP contribution in [0.3, 0.4) is 0 Å². The summed E-state index contributed by atoms with van der Waals surface area (Å²) in [5, 5.41) is 3.63. The fourth-order valence-electron chi connectivity index (χ4n) is 1.65. The molecule has 0 aliphatic carbocycles. The molecular weight excluding hydrogens is 237 g/mol. The molecule has 0 aliphatic heterocycles. The Labute approximate surface area is 108 Å². The largest absolute Gasteiger partial charge is 0.314 e. The first-order chi connectivity index (χ1) is 7.99. The lowest BCUT2D eigenvalue weighted by atomic mass is 10.0. The zero-order valence-corrected chi connectivity index (χ0v) is 11.5. The first kappa shape index (κ1) is 14.5. The van der Waals surface area contributed by atoms with E-state index in [1.165, 1.54) is 6.07 Å². The Kier molecular flexibility index (Phi) is 5.93. The zero-order valence-electron chi connectivity index (χ0n) is 10.8. The molecule has 1 N–H and O–H groups in total. The smallest absolute Gasteiger partial charge is 0.141 e. The van der Waals surface area contributed by atoms with Crippen molar-refractivity contribution in [3.8, 4) is 0 Å². The lowest BCUT2D eigenvalue weighted by Gasteiger charge is -2.14. The molecule has 0 spiro atoms. The average Bonchev–Trinajstić information content (AvgIpc) is 2.28. The van der Waals surface area contributed by atoms with E-state index in [0.717, 1.165) is 24.9 Å². The normalized spacial score (nSPS) is 13.1. The van der Waals surface area contributed by atoms with Crippen LogP contribution in [0.15, 0.2) is 18.2 Å². The third kappa shape index (κ3) is 5.51. The number of rotatable bonds is 6. The van der Waals surface area contributed by atoms with Gasteiger partial charge in [-0.05, 0) is 43.0 Å². The van der Waals surface area contributed by atoms with Crippen LogP contribution < -0.4 is 5.32 Å². The van der Waals surface area contributed by atoms with Crippen LogP contribution in [-0.2, 0) is 6.42 Å². The number of hydrogen-bond donors (Lipinski definition) is 1. The second kappa shape index (κ2) is 6.97. The maximum atomic E-state index is 13.0. The highest BCUT2D eigenvalue weighted by atomic mass is 35.5. The Bertz CT molecular complexity index is 352. The summed E-state index contributed by atoms with van der Waals surface area (Å²) < 4.78 is 13.0. The van der Waals surface area contributed by atoms with Crippen LogP contribution in [0.4, 0.5) is 4.39 Å². The summed E-state index contributed by atoms with van der Waals surface area (Å²) in [4.78, 5) is 0. The molecule has 1 rings (SSSR count). The summed E-state index contributed by atoms with van der Waals surface area (Å²) in [6.07, 6.45) is 2.03. The van der Waals surface area contributed by atoms with Gasteiger partial charge in [0, 0.05) is 6.04 Å². The molecular formula is C14H21ClFN. The van der Waals surface area contributed by atoms with Crippen LogP contribution in [0.1, 0.15) is 32.8 Å². The molecule has 0 aromatic heterocycles. The molecule has 0 bridgehead atoms. The van der Waals surface area contributed by atoms with Crippen molar-refractivity contribution in [1.82, 2.24) is 5.32 Å². The van der Waals surface area contributed by atoms with Gasteiger partial charge in [0.1, 0.15) is 5.82 Å². The van der Waals surface area contributed by atoms with Crippen molar-refractivity contribution in [2.24, 2.45) is 5.92 Å². The number of aryl methyl sites for hydroxylation is 1. The van der Waals surface area contributed by atoms with Crippen molar-refractivity contribution >= 4 is 11.6 Å². The first-order valence-electron chi connectivity index (χ1n) is 6.16. The van der Waals surface area contributed by atoms with Crippen molar-refractivity contribution in [2.45, 2.75) is 39.7 Å². The van der Waals surface area contributed by atoms with Crippen LogP contribution in [0.5, 0.6) is 0 Å². The summed E-state index contributed by atoms with van der Waals surface area (Å²) in [6.45, 7) is 7.53. The second-order valence-corrected chi connectivity index (χ2v) is 5.36. The van der Waals surface area contributed by atoms with Crippen molar-refractivity contribution in [3.05, 3.63) is 34.6 Å². The van der Waals surface area contributed by atoms with Crippen molar-refractivity contribution in [1.29, 1.82) is 0 Å². The van der Waals surface area contributed by atoms with Gasteiger partial charge in [-0.15, -0.1) is 0 Å². The molecule has 96 valence electrons. The number of hydrogen-bond acceptors (Lipinski definition) is 1. The minimum absolute atomic E-state index is 0.218. The molecule has 0 fully saturated rings. The first-order valence-corrected chi connectivity index (χ1v) is 6.54. The number of nitrogens with one attached hydrogen (secondary N) is 1. The van der Waals surface area contributed by atoms with Gasteiger partial charge in [0.2, 0.25) is 0 Å². The van der Waals surface area contributed by atoms with E-state index in [1.807, 2.05) is 6.07 Å². The van der Waals surface area contributed by atoms with E-state index >= 15 is 0 Å². The summed E-state index contributed by atoms with van der Waals surface area (Å²) >= 11 is 5.74. The van der Waals surface area contributed by atoms with Gasteiger partial charge in [-0.25, -0.2) is 4.39 Å². The number of halogens is 2. The van der Waals surface area contributed by atoms with Crippen molar-refractivity contribution in [3.63, 3.8) is 0 Å². The predicted molar refractivity (Wildman–Crippen MR) is 72.0 cm³/mol. The van der Waals surface area contributed by atoms with Crippen LogP contribution in [0, 0.1) is 11.7 Å². The topological polar surface area (TPSA) is 12.0 Å². The van der Waals surface area contributed by atoms with Crippen molar-refractivity contribution < 1.29 is 4.39 Å². The van der Waals surface area contributed by atoms with E-state index in [1.54, 1.807) is 6.07 Å². The highest BCUT2D eigenvalue weighted by Crippen LogP contribution is 2.18. The Morgan fingerprint density at radius 1 is 1.29 bits per heavy atom. The molecule has 0 aliphatic rings. The van der Waals surface area contributed by atoms with Gasteiger partial charge in [0.05, 0.1) is 5.02 Å². The monoisotopic (exact) mass is 257 g/mol. The summed E-state index contributed by atoms with van der Waals surface area (Å²) in [6, 6.07) is 5.50. The summed E-state index contributed by atoms with van der Waals surface area (Å²) in [5.41, 5.74) is 1.10. The van der Waals surface area contributed by atoms with Crippen LogP contribution in [0.2, 0.25) is 5.02 Å². The SMILES string of the molecule is CC(CCc1ccc(F)c(Cl)c1)CNC(C)C. The van der Waals surface area contributed by atoms with Gasteiger partial charge < -0.3 is 5.32 Å². The van der Waals surface area contributed by atoms with Gasteiger partial charge in [-0.1, -0.05) is 38.4 Å². The highest BCUT2D eigenvalue weighted by molar-refractivity contribution is 6.30. The lowest BCUT2D eigenvalue weighted by Crippen LogP contribution is -2.28. The maximum Gasteiger partial charge on any atom is 0.141 e. The molecule has 1 aromatic carbocycles. The molecule has 0 amide bonds. The zero-order chi connectivity index (χ0) is 12.8. The Hall–Kier alpha value is -0.600. The minimum Gasteiger partial charge on any atom is -0.314 e. The fraction of sp³-hybridized carbons (Fsp3) is 0.571.